The van der Waals surface area contributed by atoms with Gasteiger partial charge in [0.05, 0.1) is 13.7 Å². The minimum atomic E-state index is 0.164. The Kier molecular flexibility index (Phi) is 5.36. The summed E-state index contributed by atoms with van der Waals surface area (Å²) in [5.41, 5.74) is 3.37. The summed E-state index contributed by atoms with van der Waals surface area (Å²) in [4.78, 5) is 21.6. The number of pyridine rings is 1. The first kappa shape index (κ1) is 17.9. The number of hydrogen-bond acceptors (Lipinski definition) is 5. The second-order valence-corrected chi connectivity index (χ2v) is 7.12. The highest BCUT2D eigenvalue weighted by molar-refractivity contribution is 5.96. The number of aromatic nitrogens is 1. The smallest absolute Gasteiger partial charge is 0.241 e. The number of methoxy groups -OCH3 is 1. The number of nitrogens with one attached hydrogen (secondary N) is 1. The molecule has 0 aliphatic carbocycles. The molecule has 0 radical (unpaired) electrons. The average Bonchev–Trinajstić information content (AvgIpc) is 2.73. The third kappa shape index (κ3) is 3.82. The van der Waals surface area contributed by atoms with Crippen LogP contribution < -0.4 is 15.0 Å². The first-order chi connectivity index (χ1) is 13.3. The topological polar surface area (TPSA) is 57.7 Å². The van der Waals surface area contributed by atoms with Crippen LogP contribution in [0, 0.1) is 0 Å². The number of piperazine rings is 1. The molecule has 4 rings (SSSR count). The number of aryl methyl sites for hydroxylation is 1. The van der Waals surface area contributed by atoms with Gasteiger partial charge in [0.25, 0.3) is 0 Å². The van der Waals surface area contributed by atoms with Gasteiger partial charge >= 0.3 is 0 Å². The van der Waals surface area contributed by atoms with E-state index in [0.29, 0.717) is 6.54 Å². The van der Waals surface area contributed by atoms with Crippen molar-refractivity contribution in [2.24, 2.45) is 0 Å². The first-order valence-electron chi connectivity index (χ1n) is 9.58. The molecule has 1 aromatic carbocycles. The van der Waals surface area contributed by atoms with E-state index in [4.69, 9.17) is 4.74 Å². The monoisotopic (exact) mass is 366 g/mol. The molecular weight excluding hydrogens is 340 g/mol. The fourth-order valence-corrected chi connectivity index (χ4v) is 4.06. The molecule has 6 nitrogen and oxygen atoms in total. The molecule has 1 amide bonds. The third-order valence-electron chi connectivity index (χ3n) is 5.47. The van der Waals surface area contributed by atoms with Gasteiger partial charge in [0.1, 0.15) is 5.75 Å². The van der Waals surface area contributed by atoms with Crippen LogP contribution in [-0.4, -0.2) is 55.6 Å². The first-order valence-corrected chi connectivity index (χ1v) is 9.58. The Labute approximate surface area is 160 Å². The van der Waals surface area contributed by atoms with Gasteiger partial charge in [0.15, 0.2) is 0 Å². The maximum Gasteiger partial charge on any atom is 0.241 e. The summed E-state index contributed by atoms with van der Waals surface area (Å²) in [6.45, 7) is 3.80. The molecule has 3 heterocycles. The lowest BCUT2D eigenvalue weighted by Gasteiger charge is -2.38. The summed E-state index contributed by atoms with van der Waals surface area (Å²) < 4.78 is 5.34. The molecule has 1 fully saturated rings. The Morgan fingerprint density at radius 2 is 2.26 bits per heavy atom. The zero-order chi connectivity index (χ0) is 18.6. The molecule has 27 heavy (non-hydrogen) atoms. The van der Waals surface area contributed by atoms with Crippen LogP contribution in [-0.2, 0) is 11.2 Å². The van der Waals surface area contributed by atoms with E-state index >= 15 is 0 Å². The van der Waals surface area contributed by atoms with E-state index in [1.807, 2.05) is 29.3 Å². The van der Waals surface area contributed by atoms with Gasteiger partial charge in [-0.25, -0.2) is 0 Å². The molecule has 1 N–H and O–H groups in total. The minimum absolute atomic E-state index is 0.164. The Balaban J connectivity index is 1.52. The van der Waals surface area contributed by atoms with Crippen LogP contribution in [0.2, 0.25) is 0 Å². The van der Waals surface area contributed by atoms with Crippen LogP contribution in [0.5, 0.6) is 5.75 Å². The summed E-state index contributed by atoms with van der Waals surface area (Å²) in [6.07, 6.45) is 5.66. The number of carbonyl (C=O) groups excluding carboxylic acids is 1. The number of benzene rings is 1. The van der Waals surface area contributed by atoms with Crippen molar-refractivity contribution in [1.82, 2.24) is 15.2 Å². The van der Waals surface area contributed by atoms with E-state index in [0.717, 1.165) is 56.0 Å². The molecule has 1 unspecified atom stereocenters. The highest BCUT2D eigenvalue weighted by Gasteiger charge is 2.29. The van der Waals surface area contributed by atoms with Crippen molar-refractivity contribution >= 4 is 11.6 Å². The van der Waals surface area contributed by atoms with Crippen molar-refractivity contribution < 1.29 is 9.53 Å². The lowest BCUT2D eigenvalue weighted by molar-refractivity contribution is -0.120. The number of ether oxygens (including phenoxy) is 1. The second-order valence-electron chi connectivity index (χ2n) is 7.12. The SMILES string of the molecule is COc1ccc2c(c1)CCCN2C(=O)CN1CCNCC1c1cccnc1. The highest BCUT2D eigenvalue weighted by Crippen LogP contribution is 2.31. The maximum absolute atomic E-state index is 13.2. The molecule has 2 aliphatic heterocycles. The number of carbonyl (C=O) groups is 1. The zero-order valence-corrected chi connectivity index (χ0v) is 15.7. The summed E-state index contributed by atoms with van der Waals surface area (Å²) in [6, 6.07) is 10.2. The van der Waals surface area contributed by atoms with Gasteiger partial charge in [-0.05, 0) is 48.2 Å². The minimum Gasteiger partial charge on any atom is -0.497 e. The van der Waals surface area contributed by atoms with Gasteiger partial charge in [0, 0.05) is 50.3 Å². The molecular formula is C21H26N4O2. The maximum atomic E-state index is 13.2. The van der Waals surface area contributed by atoms with Gasteiger partial charge in [0.2, 0.25) is 5.91 Å². The van der Waals surface area contributed by atoms with Crippen LogP contribution in [0.4, 0.5) is 5.69 Å². The largest absolute Gasteiger partial charge is 0.497 e. The number of fused-ring (bicyclic) bond motifs is 1. The summed E-state index contributed by atoms with van der Waals surface area (Å²) in [7, 11) is 1.68. The summed E-state index contributed by atoms with van der Waals surface area (Å²) in [5, 5.41) is 3.44. The molecule has 1 atom stereocenters. The predicted molar refractivity (Wildman–Crippen MR) is 105 cm³/mol. The van der Waals surface area contributed by atoms with E-state index in [1.165, 1.54) is 5.56 Å². The standard InChI is InChI=1S/C21H26N4O2/c1-27-18-6-7-19-16(12-18)5-3-10-25(19)21(26)15-24-11-9-23-14-20(24)17-4-2-8-22-13-17/h2,4,6-8,12-13,20,23H,3,5,9-11,14-15H2,1H3. The van der Waals surface area contributed by atoms with Gasteiger partial charge < -0.3 is 15.0 Å². The lowest BCUT2D eigenvalue weighted by atomic mass is 10.0. The Hall–Kier alpha value is -2.44. The molecule has 2 aromatic rings. The fourth-order valence-electron chi connectivity index (χ4n) is 4.06. The van der Waals surface area contributed by atoms with Gasteiger partial charge in [-0.1, -0.05) is 6.07 Å². The van der Waals surface area contributed by atoms with Crippen LogP contribution >= 0.6 is 0 Å². The van der Waals surface area contributed by atoms with Gasteiger partial charge in [-0.15, -0.1) is 0 Å². The predicted octanol–water partition coefficient (Wildman–Crippen LogP) is 2.02. The summed E-state index contributed by atoms with van der Waals surface area (Å²) in [5.74, 6) is 1.01. The van der Waals surface area contributed by atoms with Crippen molar-refractivity contribution in [2.75, 3.05) is 44.7 Å². The van der Waals surface area contributed by atoms with Crippen LogP contribution in [0.25, 0.3) is 0 Å². The Morgan fingerprint density at radius 1 is 1.33 bits per heavy atom. The molecule has 142 valence electrons. The molecule has 0 saturated carbocycles. The quantitative estimate of drug-likeness (QED) is 0.897. The van der Waals surface area contributed by atoms with E-state index < -0.39 is 0 Å². The Bertz CT molecular complexity index is 796. The normalized spacial score (nSPS) is 20.2. The van der Waals surface area contributed by atoms with E-state index in [9.17, 15) is 4.79 Å². The van der Waals surface area contributed by atoms with Crippen LogP contribution in [0.15, 0.2) is 42.7 Å². The number of amides is 1. The highest BCUT2D eigenvalue weighted by atomic mass is 16.5. The molecule has 1 saturated heterocycles. The molecule has 1 aromatic heterocycles. The lowest BCUT2D eigenvalue weighted by Crippen LogP contribution is -2.50. The van der Waals surface area contributed by atoms with E-state index in [1.54, 1.807) is 13.3 Å². The molecule has 0 spiro atoms. The fraction of sp³-hybridized carbons (Fsp3) is 0.429. The Morgan fingerprint density at radius 3 is 3.07 bits per heavy atom. The van der Waals surface area contributed by atoms with Crippen molar-refractivity contribution in [2.45, 2.75) is 18.9 Å². The van der Waals surface area contributed by atoms with Crippen molar-refractivity contribution in [3.63, 3.8) is 0 Å². The molecule has 6 heteroatoms. The van der Waals surface area contributed by atoms with Crippen molar-refractivity contribution in [1.29, 1.82) is 0 Å². The van der Waals surface area contributed by atoms with Crippen molar-refractivity contribution in [3.05, 3.63) is 53.9 Å². The third-order valence-corrected chi connectivity index (χ3v) is 5.47. The average molecular weight is 366 g/mol. The van der Waals surface area contributed by atoms with Crippen molar-refractivity contribution in [3.8, 4) is 5.75 Å². The van der Waals surface area contributed by atoms with Gasteiger partial charge in [-0.3, -0.25) is 14.7 Å². The van der Waals surface area contributed by atoms with E-state index in [-0.39, 0.29) is 11.9 Å². The summed E-state index contributed by atoms with van der Waals surface area (Å²) >= 11 is 0. The number of hydrogen-bond donors (Lipinski definition) is 1. The molecule has 2 aliphatic rings. The van der Waals surface area contributed by atoms with Crippen LogP contribution in [0.3, 0.4) is 0 Å². The zero-order valence-electron chi connectivity index (χ0n) is 15.7. The molecule has 0 bridgehead atoms. The number of nitrogens with zero attached hydrogens (tertiary/aromatic N) is 3. The number of anilines is 1. The number of rotatable bonds is 4. The van der Waals surface area contributed by atoms with Crippen LogP contribution in [0.1, 0.15) is 23.6 Å². The van der Waals surface area contributed by atoms with Gasteiger partial charge in [-0.2, -0.15) is 0 Å². The second kappa shape index (κ2) is 8.06. The van der Waals surface area contributed by atoms with E-state index in [2.05, 4.69) is 27.3 Å².